The lowest BCUT2D eigenvalue weighted by atomic mass is 9.63. The number of hydrogen-bond acceptors (Lipinski definition) is 2. The van der Waals surface area contributed by atoms with Crippen LogP contribution in [0.1, 0.15) is 30.0 Å². The number of aromatic hydroxyl groups is 1. The van der Waals surface area contributed by atoms with Gasteiger partial charge in [0.2, 0.25) is 0 Å². The predicted molar refractivity (Wildman–Crippen MR) is 99.1 cm³/mol. The molecule has 1 N–H and O–H groups in total. The van der Waals surface area contributed by atoms with Crippen LogP contribution < -0.4 is 0 Å². The predicted octanol–water partition coefficient (Wildman–Crippen LogP) is 4.95. The first-order chi connectivity index (χ1) is 11.7. The molecule has 0 radical (unpaired) electrons. The highest BCUT2D eigenvalue weighted by atomic mass is 16.3. The number of rotatable bonds is 5. The van der Waals surface area contributed by atoms with Gasteiger partial charge in [-0.1, -0.05) is 55.9 Å². The summed E-state index contributed by atoms with van der Waals surface area (Å²) in [5.74, 6) is 0.381. The molecule has 0 saturated carbocycles. The molecule has 122 valence electrons. The van der Waals surface area contributed by atoms with Crippen LogP contribution in [-0.4, -0.2) is 10.1 Å². The van der Waals surface area contributed by atoms with Crippen LogP contribution in [0.5, 0.6) is 5.75 Å². The molecule has 2 aromatic rings. The summed E-state index contributed by atoms with van der Waals surface area (Å²) in [6.45, 7) is 6.20. The van der Waals surface area contributed by atoms with Crippen molar-refractivity contribution in [2.24, 2.45) is 5.92 Å². The maximum Gasteiger partial charge on any atom is 0.120 e. The molecule has 1 aliphatic carbocycles. The SMILES string of the molecule is C=CC1C=CC=CC1(c1ccncc1)c1cc(CCC)ccc1O. The van der Waals surface area contributed by atoms with E-state index in [4.69, 9.17) is 0 Å². The number of hydrogen-bond donors (Lipinski definition) is 1. The summed E-state index contributed by atoms with van der Waals surface area (Å²) in [6.07, 6.45) is 16.0. The van der Waals surface area contributed by atoms with E-state index in [2.05, 4.69) is 36.7 Å². The Morgan fingerprint density at radius 1 is 1.21 bits per heavy atom. The molecule has 2 atom stereocenters. The molecule has 0 amide bonds. The molecule has 1 aromatic heterocycles. The van der Waals surface area contributed by atoms with Crippen LogP contribution in [0.25, 0.3) is 0 Å². The molecule has 1 aliphatic rings. The van der Waals surface area contributed by atoms with E-state index in [1.54, 1.807) is 12.4 Å². The van der Waals surface area contributed by atoms with Crippen LogP contribution in [0, 0.1) is 5.92 Å². The summed E-state index contributed by atoms with van der Waals surface area (Å²) in [4.78, 5) is 4.15. The minimum Gasteiger partial charge on any atom is -0.508 e. The van der Waals surface area contributed by atoms with Gasteiger partial charge in [-0.25, -0.2) is 0 Å². The number of aryl methyl sites for hydroxylation is 1. The highest BCUT2D eigenvalue weighted by molar-refractivity contribution is 5.55. The second-order valence-electron chi connectivity index (χ2n) is 6.21. The highest BCUT2D eigenvalue weighted by Crippen LogP contribution is 2.47. The Hall–Kier alpha value is -2.61. The molecule has 0 fully saturated rings. The third kappa shape index (κ3) is 2.69. The van der Waals surface area contributed by atoms with Gasteiger partial charge in [0.05, 0.1) is 5.41 Å². The van der Waals surface area contributed by atoms with Crippen LogP contribution in [0.4, 0.5) is 0 Å². The van der Waals surface area contributed by atoms with E-state index in [0.717, 1.165) is 24.0 Å². The highest BCUT2D eigenvalue weighted by Gasteiger charge is 2.40. The maximum atomic E-state index is 10.7. The lowest BCUT2D eigenvalue weighted by molar-refractivity contribution is 0.440. The van der Waals surface area contributed by atoms with Crippen molar-refractivity contribution in [1.82, 2.24) is 4.98 Å². The largest absolute Gasteiger partial charge is 0.508 e. The molecule has 2 heteroatoms. The molecule has 1 heterocycles. The van der Waals surface area contributed by atoms with Crippen LogP contribution in [-0.2, 0) is 11.8 Å². The monoisotopic (exact) mass is 317 g/mol. The standard InChI is InChI=1S/C22H23NO/c1-3-7-17-9-10-21(24)20(16-17)22(19-11-14-23-15-12-19)13-6-5-8-18(22)4-2/h4-6,8-16,18,24H,2-3,7H2,1H3. The molecule has 0 saturated heterocycles. The summed E-state index contributed by atoms with van der Waals surface area (Å²) in [7, 11) is 0. The lowest BCUT2D eigenvalue weighted by Crippen LogP contribution is -2.34. The number of phenols is 1. The van der Waals surface area contributed by atoms with Gasteiger partial charge in [0, 0.05) is 23.9 Å². The van der Waals surface area contributed by atoms with E-state index in [1.165, 1.54) is 5.56 Å². The van der Waals surface area contributed by atoms with E-state index in [9.17, 15) is 5.11 Å². The fraction of sp³-hybridized carbons (Fsp3) is 0.227. The van der Waals surface area contributed by atoms with E-state index in [1.807, 2.05) is 42.5 Å². The lowest BCUT2D eigenvalue weighted by Gasteiger charge is -2.39. The zero-order chi connectivity index (χ0) is 17.0. The first-order valence-corrected chi connectivity index (χ1v) is 8.43. The number of allylic oxidation sites excluding steroid dienone is 5. The second kappa shape index (κ2) is 6.88. The van der Waals surface area contributed by atoms with E-state index in [-0.39, 0.29) is 5.92 Å². The van der Waals surface area contributed by atoms with Gasteiger partial charge in [-0.2, -0.15) is 0 Å². The van der Waals surface area contributed by atoms with Crippen molar-refractivity contribution >= 4 is 0 Å². The Balaban J connectivity index is 2.27. The van der Waals surface area contributed by atoms with Crippen molar-refractivity contribution in [3.05, 3.63) is 96.4 Å². The average Bonchev–Trinajstić information content (AvgIpc) is 2.64. The fourth-order valence-electron chi connectivity index (χ4n) is 3.62. The van der Waals surface area contributed by atoms with Gasteiger partial charge in [0.25, 0.3) is 0 Å². The molecule has 0 bridgehead atoms. The number of pyridine rings is 1. The van der Waals surface area contributed by atoms with E-state index < -0.39 is 5.41 Å². The summed E-state index contributed by atoms with van der Waals surface area (Å²) < 4.78 is 0. The van der Waals surface area contributed by atoms with Gasteiger partial charge in [-0.05, 0) is 35.7 Å². The number of aromatic nitrogens is 1. The fourth-order valence-corrected chi connectivity index (χ4v) is 3.62. The first kappa shape index (κ1) is 16.3. The van der Waals surface area contributed by atoms with Crippen molar-refractivity contribution in [1.29, 1.82) is 0 Å². The summed E-state index contributed by atoms with van der Waals surface area (Å²) in [5.41, 5.74) is 2.80. The smallest absolute Gasteiger partial charge is 0.120 e. The normalized spacial score (nSPS) is 22.5. The number of nitrogens with zero attached hydrogens (tertiary/aromatic N) is 1. The Kier molecular flexibility index (Phi) is 4.66. The quantitative estimate of drug-likeness (QED) is 0.791. The third-order valence-electron chi connectivity index (χ3n) is 4.77. The molecule has 2 unspecified atom stereocenters. The van der Waals surface area contributed by atoms with Gasteiger partial charge in [0.1, 0.15) is 5.75 Å². The minimum atomic E-state index is -0.465. The van der Waals surface area contributed by atoms with Gasteiger partial charge < -0.3 is 5.11 Å². The number of phenolic OH excluding ortho intramolecular Hbond substituents is 1. The Bertz CT molecular complexity index is 776. The van der Waals surface area contributed by atoms with Crippen LogP contribution >= 0.6 is 0 Å². The maximum absolute atomic E-state index is 10.7. The van der Waals surface area contributed by atoms with Crippen molar-refractivity contribution < 1.29 is 5.11 Å². The van der Waals surface area contributed by atoms with E-state index >= 15 is 0 Å². The molecule has 0 spiro atoms. The molecule has 24 heavy (non-hydrogen) atoms. The average molecular weight is 317 g/mol. The Morgan fingerprint density at radius 2 is 2.00 bits per heavy atom. The van der Waals surface area contributed by atoms with Crippen LogP contribution in [0.2, 0.25) is 0 Å². The van der Waals surface area contributed by atoms with Crippen LogP contribution in [0.15, 0.2) is 79.7 Å². The van der Waals surface area contributed by atoms with Crippen molar-refractivity contribution in [3.8, 4) is 5.75 Å². The third-order valence-corrected chi connectivity index (χ3v) is 4.77. The van der Waals surface area contributed by atoms with Gasteiger partial charge in [-0.15, -0.1) is 6.58 Å². The van der Waals surface area contributed by atoms with Crippen molar-refractivity contribution in [2.75, 3.05) is 0 Å². The van der Waals surface area contributed by atoms with Crippen molar-refractivity contribution in [3.63, 3.8) is 0 Å². The molecular formula is C22H23NO. The first-order valence-electron chi connectivity index (χ1n) is 8.43. The zero-order valence-corrected chi connectivity index (χ0v) is 14.0. The van der Waals surface area contributed by atoms with E-state index in [0.29, 0.717) is 5.75 Å². The number of benzene rings is 1. The molecular weight excluding hydrogens is 294 g/mol. The molecule has 0 aliphatic heterocycles. The summed E-state index contributed by atoms with van der Waals surface area (Å²) in [6, 6.07) is 10.0. The topological polar surface area (TPSA) is 33.1 Å². The second-order valence-corrected chi connectivity index (χ2v) is 6.21. The molecule has 2 nitrogen and oxygen atoms in total. The Morgan fingerprint density at radius 3 is 2.71 bits per heavy atom. The summed E-state index contributed by atoms with van der Waals surface area (Å²) in [5, 5.41) is 10.7. The van der Waals surface area contributed by atoms with Gasteiger partial charge in [0.15, 0.2) is 0 Å². The van der Waals surface area contributed by atoms with Crippen molar-refractivity contribution in [2.45, 2.75) is 25.2 Å². The molecule has 3 rings (SSSR count). The van der Waals surface area contributed by atoms with Gasteiger partial charge in [-0.3, -0.25) is 4.98 Å². The minimum absolute atomic E-state index is 0.0627. The summed E-state index contributed by atoms with van der Waals surface area (Å²) >= 11 is 0. The van der Waals surface area contributed by atoms with Crippen LogP contribution in [0.3, 0.4) is 0 Å². The Labute approximate surface area is 143 Å². The molecule has 1 aromatic carbocycles. The van der Waals surface area contributed by atoms with Gasteiger partial charge >= 0.3 is 0 Å². The zero-order valence-electron chi connectivity index (χ0n) is 14.0.